The molecular formula is C8H13NO5S. The predicted octanol–water partition coefficient (Wildman–Crippen LogP) is -2.09. The van der Waals surface area contributed by atoms with Crippen LogP contribution in [0.25, 0.3) is 0 Å². The fourth-order valence-electron chi connectivity index (χ4n) is 2.20. The topological polar surface area (TPSA) is 101 Å². The van der Waals surface area contributed by atoms with Gasteiger partial charge in [0.05, 0.1) is 11.4 Å². The second kappa shape index (κ2) is 3.91. The zero-order valence-corrected chi connectivity index (χ0v) is 8.67. The van der Waals surface area contributed by atoms with E-state index in [1.807, 2.05) is 0 Å². The van der Waals surface area contributed by atoms with Crippen molar-refractivity contribution in [2.75, 3.05) is 12.3 Å². The Hall–Kier alpha value is -0.340. The second-order valence-electron chi connectivity index (χ2n) is 3.75. The Labute approximate surface area is 90.5 Å². The van der Waals surface area contributed by atoms with E-state index in [4.69, 9.17) is 5.11 Å². The van der Waals surface area contributed by atoms with Gasteiger partial charge in [0.25, 0.3) is 0 Å². The standard InChI is InChI=1S/C8H13NO5S/c10-4-3(5(11)8(13)14)9-1-2-15-7(9)6(4)12/h3-7,10-12H,1-2H2,(H,13,14)/t3-,4+,5-,6-,7+/m1/s1. The highest BCUT2D eigenvalue weighted by molar-refractivity contribution is 8.00. The van der Waals surface area contributed by atoms with Crippen molar-refractivity contribution in [3.8, 4) is 0 Å². The van der Waals surface area contributed by atoms with E-state index in [0.29, 0.717) is 6.54 Å². The van der Waals surface area contributed by atoms with Gasteiger partial charge in [-0.1, -0.05) is 0 Å². The molecule has 0 bridgehead atoms. The summed E-state index contributed by atoms with van der Waals surface area (Å²) in [4.78, 5) is 12.3. The summed E-state index contributed by atoms with van der Waals surface area (Å²) in [6, 6.07) is -0.905. The molecule has 0 spiro atoms. The summed E-state index contributed by atoms with van der Waals surface area (Å²) < 4.78 is 0. The van der Waals surface area contributed by atoms with Gasteiger partial charge in [0, 0.05) is 12.3 Å². The van der Waals surface area contributed by atoms with Gasteiger partial charge in [-0.25, -0.2) is 4.79 Å². The monoisotopic (exact) mass is 235 g/mol. The normalized spacial score (nSPS) is 42.9. The molecule has 0 aromatic carbocycles. The Morgan fingerprint density at radius 2 is 2.07 bits per heavy atom. The first kappa shape index (κ1) is 11.2. The van der Waals surface area contributed by atoms with Crippen molar-refractivity contribution in [3.05, 3.63) is 0 Å². The average molecular weight is 235 g/mol. The smallest absolute Gasteiger partial charge is 0.334 e. The minimum atomic E-state index is -1.65. The van der Waals surface area contributed by atoms with Crippen LogP contribution >= 0.6 is 11.8 Å². The number of carbonyl (C=O) groups is 1. The first-order chi connectivity index (χ1) is 7.04. The number of aliphatic carboxylic acids is 1. The predicted molar refractivity (Wildman–Crippen MR) is 52.4 cm³/mol. The van der Waals surface area contributed by atoms with Crippen LogP contribution in [-0.2, 0) is 4.79 Å². The third-order valence-corrected chi connectivity index (χ3v) is 4.23. The number of aliphatic hydroxyl groups excluding tert-OH is 3. The van der Waals surface area contributed by atoms with Crippen molar-refractivity contribution < 1.29 is 25.2 Å². The van der Waals surface area contributed by atoms with Crippen LogP contribution in [0.2, 0.25) is 0 Å². The molecule has 2 fully saturated rings. The average Bonchev–Trinajstić information content (AvgIpc) is 2.72. The number of nitrogens with zero attached hydrogens (tertiary/aromatic N) is 1. The zero-order valence-electron chi connectivity index (χ0n) is 7.85. The van der Waals surface area contributed by atoms with Gasteiger partial charge in [-0.2, -0.15) is 0 Å². The molecule has 4 N–H and O–H groups in total. The van der Waals surface area contributed by atoms with Crippen molar-refractivity contribution in [1.29, 1.82) is 0 Å². The lowest BCUT2D eigenvalue weighted by Crippen LogP contribution is -2.49. The number of carboxylic acid groups (broad SMARTS) is 1. The van der Waals surface area contributed by atoms with Crippen LogP contribution in [0, 0.1) is 0 Å². The summed E-state index contributed by atoms with van der Waals surface area (Å²) in [5.74, 6) is -0.596. The third kappa shape index (κ3) is 1.64. The largest absolute Gasteiger partial charge is 0.479 e. The molecule has 0 radical (unpaired) electrons. The van der Waals surface area contributed by atoms with Crippen molar-refractivity contribution >= 4 is 17.7 Å². The van der Waals surface area contributed by atoms with Crippen LogP contribution in [0.1, 0.15) is 0 Å². The van der Waals surface area contributed by atoms with Crippen LogP contribution in [-0.4, -0.2) is 73.3 Å². The molecule has 2 saturated heterocycles. The van der Waals surface area contributed by atoms with Crippen molar-refractivity contribution in [3.63, 3.8) is 0 Å². The van der Waals surface area contributed by atoms with E-state index in [1.165, 1.54) is 11.8 Å². The van der Waals surface area contributed by atoms with E-state index < -0.39 is 30.3 Å². The summed E-state index contributed by atoms with van der Waals surface area (Å²) in [5.41, 5.74) is 0. The SMILES string of the molecule is O=C(O)[C@H](O)[C@H]1[C@H](O)[C@@H](O)[C@@H]2SCCN12. The quantitative estimate of drug-likeness (QED) is 0.435. The number of thioether (sulfide) groups is 1. The molecule has 2 rings (SSSR count). The summed E-state index contributed by atoms with van der Waals surface area (Å²) >= 11 is 1.47. The fourth-order valence-corrected chi connectivity index (χ4v) is 3.55. The van der Waals surface area contributed by atoms with Gasteiger partial charge < -0.3 is 20.4 Å². The molecule has 0 aliphatic carbocycles. The van der Waals surface area contributed by atoms with E-state index in [0.717, 1.165) is 5.75 Å². The first-order valence-corrected chi connectivity index (χ1v) is 5.73. The van der Waals surface area contributed by atoms with Gasteiger partial charge >= 0.3 is 5.97 Å². The minimum Gasteiger partial charge on any atom is -0.479 e. The molecule has 2 aliphatic rings. The Morgan fingerprint density at radius 3 is 2.67 bits per heavy atom. The molecule has 0 aromatic rings. The van der Waals surface area contributed by atoms with E-state index in [9.17, 15) is 20.1 Å². The molecule has 0 aromatic heterocycles. The lowest BCUT2D eigenvalue weighted by Gasteiger charge is -2.26. The summed E-state index contributed by atoms with van der Waals surface area (Å²) in [6.45, 7) is 0.582. The maximum atomic E-state index is 10.7. The Bertz CT molecular complexity index is 276. The number of rotatable bonds is 2. The van der Waals surface area contributed by atoms with Gasteiger partial charge in [0.2, 0.25) is 0 Å². The number of fused-ring (bicyclic) bond motifs is 1. The van der Waals surface area contributed by atoms with E-state index in [2.05, 4.69) is 0 Å². The molecule has 0 saturated carbocycles. The maximum absolute atomic E-state index is 10.7. The Morgan fingerprint density at radius 1 is 1.40 bits per heavy atom. The van der Waals surface area contributed by atoms with Gasteiger partial charge in [0.1, 0.15) is 12.2 Å². The highest BCUT2D eigenvalue weighted by atomic mass is 32.2. The molecule has 5 atom stereocenters. The van der Waals surface area contributed by atoms with Crippen molar-refractivity contribution in [1.82, 2.24) is 4.90 Å². The highest BCUT2D eigenvalue weighted by Crippen LogP contribution is 2.38. The van der Waals surface area contributed by atoms with Crippen molar-refractivity contribution in [2.45, 2.75) is 29.7 Å². The fraction of sp³-hybridized carbons (Fsp3) is 0.875. The molecule has 6 nitrogen and oxygen atoms in total. The van der Waals surface area contributed by atoms with E-state index in [1.54, 1.807) is 4.90 Å². The van der Waals surface area contributed by atoms with Crippen LogP contribution in [0.5, 0.6) is 0 Å². The minimum absolute atomic E-state index is 0.293. The van der Waals surface area contributed by atoms with Gasteiger partial charge in [0.15, 0.2) is 6.10 Å². The van der Waals surface area contributed by atoms with Crippen LogP contribution in [0.3, 0.4) is 0 Å². The van der Waals surface area contributed by atoms with Crippen LogP contribution < -0.4 is 0 Å². The summed E-state index contributed by atoms with van der Waals surface area (Å²) in [5, 5.41) is 37.1. The summed E-state index contributed by atoms with van der Waals surface area (Å²) in [6.07, 6.45) is -3.84. The third-order valence-electron chi connectivity index (χ3n) is 2.92. The maximum Gasteiger partial charge on any atom is 0.334 e. The molecule has 0 unspecified atom stereocenters. The van der Waals surface area contributed by atoms with Crippen molar-refractivity contribution in [2.24, 2.45) is 0 Å². The summed E-state index contributed by atoms with van der Waals surface area (Å²) in [7, 11) is 0. The zero-order chi connectivity index (χ0) is 11.2. The Balaban J connectivity index is 2.20. The Kier molecular flexibility index (Phi) is 2.91. The van der Waals surface area contributed by atoms with E-state index in [-0.39, 0.29) is 5.37 Å². The van der Waals surface area contributed by atoms with Gasteiger partial charge in [-0.15, -0.1) is 11.8 Å². The number of hydrogen-bond donors (Lipinski definition) is 4. The molecule has 2 heterocycles. The number of carboxylic acids is 1. The van der Waals surface area contributed by atoms with Gasteiger partial charge in [-0.3, -0.25) is 4.90 Å². The van der Waals surface area contributed by atoms with E-state index >= 15 is 0 Å². The lowest BCUT2D eigenvalue weighted by molar-refractivity contribution is -0.152. The number of aliphatic hydroxyl groups is 3. The van der Waals surface area contributed by atoms with Crippen LogP contribution in [0.15, 0.2) is 0 Å². The molecule has 0 amide bonds. The molecular weight excluding hydrogens is 222 g/mol. The molecule has 2 aliphatic heterocycles. The molecule has 15 heavy (non-hydrogen) atoms. The second-order valence-corrected chi connectivity index (χ2v) is 4.98. The number of hydrogen-bond acceptors (Lipinski definition) is 6. The lowest BCUT2D eigenvalue weighted by atomic mass is 10.0. The highest BCUT2D eigenvalue weighted by Gasteiger charge is 2.54. The molecule has 86 valence electrons. The van der Waals surface area contributed by atoms with Gasteiger partial charge in [-0.05, 0) is 0 Å². The van der Waals surface area contributed by atoms with Crippen LogP contribution in [0.4, 0.5) is 0 Å². The molecule has 7 heteroatoms. The first-order valence-electron chi connectivity index (χ1n) is 4.68.